The largest absolute Gasteiger partial charge is 0.345 e. The van der Waals surface area contributed by atoms with Crippen molar-refractivity contribution in [3.63, 3.8) is 0 Å². The summed E-state index contributed by atoms with van der Waals surface area (Å²) in [7, 11) is 0. The molecule has 1 amide bonds. The predicted octanol–water partition coefficient (Wildman–Crippen LogP) is 3.84. The van der Waals surface area contributed by atoms with Crippen molar-refractivity contribution in [2.75, 3.05) is 16.8 Å². The van der Waals surface area contributed by atoms with Gasteiger partial charge in [0.1, 0.15) is 17.8 Å². The maximum atomic E-state index is 13.0. The summed E-state index contributed by atoms with van der Waals surface area (Å²) in [5.41, 5.74) is 4.62. The van der Waals surface area contributed by atoms with E-state index in [9.17, 15) is 9.59 Å². The summed E-state index contributed by atoms with van der Waals surface area (Å²) in [5.74, 6) is 0.510. The number of anilines is 3. The lowest BCUT2D eigenvalue weighted by atomic mass is 10.0. The quantitative estimate of drug-likeness (QED) is 0.511. The molecule has 7 heteroatoms. The van der Waals surface area contributed by atoms with Crippen LogP contribution in [0.3, 0.4) is 0 Å². The first-order chi connectivity index (χ1) is 14.6. The zero-order valence-electron chi connectivity index (χ0n) is 16.3. The van der Waals surface area contributed by atoms with Gasteiger partial charge in [-0.05, 0) is 30.2 Å². The average molecular weight is 397 g/mol. The van der Waals surface area contributed by atoms with E-state index in [0.29, 0.717) is 34.5 Å². The van der Waals surface area contributed by atoms with E-state index < -0.39 is 0 Å². The Bertz CT molecular complexity index is 1280. The molecule has 0 saturated heterocycles. The minimum absolute atomic E-state index is 0.0448. The Balaban J connectivity index is 1.52. The van der Waals surface area contributed by atoms with E-state index in [1.165, 1.54) is 6.33 Å². The van der Waals surface area contributed by atoms with Gasteiger partial charge in [0.05, 0.1) is 10.9 Å². The Hall–Kier alpha value is -4.00. The SMILES string of the molecule is CC(=O)N1CCc2cc(Nc3ncnc4[nH]cc(C(=O)c5ccccc5)c34)ccc21. The van der Waals surface area contributed by atoms with Gasteiger partial charge in [0.15, 0.2) is 5.78 Å². The van der Waals surface area contributed by atoms with Crippen LogP contribution < -0.4 is 10.2 Å². The molecule has 1 aliphatic heterocycles. The van der Waals surface area contributed by atoms with Gasteiger partial charge in [0, 0.05) is 36.6 Å². The van der Waals surface area contributed by atoms with Crippen LogP contribution in [0.5, 0.6) is 0 Å². The molecular weight excluding hydrogens is 378 g/mol. The third-order valence-electron chi connectivity index (χ3n) is 5.37. The van der Waals surface area contributed by atoms with Crippen LogP contribution >= 0.6 is 0 Å². The maximum Gasteiger partial charge on any atom is 0.223 e. The molecule has 0 unspecified atom stereocenters. The van der Waals surface area contributed by atoms with E-state index in [-0.39, 0.29) is 11.7 Å². The summed E-state index contributed by atoms with van der Waals surface area (Å²) >= 11 is 0. The minimum atomic E-state index is -0.0919. The molecule has 3 heterocycles. The number of benzene rings is 2. The Labute approximate surface area is 172 Å². The molecule has 5 rings (SSSR count). The van der Waals surface area contributed by atoms with Crippen LogP contribution in [0.2, 0.25) is 0 Å². The van der Waals surface area contributed by atoms with Crippen molar-refractivity contribution in [1.29, 1.82) is 0 Å². The Kier molecular flexibility index (Phi) is 4.28. The van der Waals surface area contributed by atoms with E-state index in [1.807, 2.05) is 36.4 Å². The van der Waals surface area contributed by atoms with Crippen LogP contribution in [0.1, 0.15) is 28.4 Å². The fourth-order valence-corrected chi connectivity index (χ4v) is 3.93. The smallest absolute Gasteiger partial charge is 0.223 e. The number of amides is 1. The molecule has 148 valence electrons. The van der Waals surface area contributed by atoms with Gasteiger partial charge in [0.25, 0.3) is 0 Å². The summed E-state index contributed by atoms with van der Waals surface area (Å²) < 4.78 is 0. The normalized spacial score (nSPS) is 12.8. The molecule has 0 radical (unpaired) electrons. The van der Waals surface area contributed by atoms with Crippen LogP contribution in [0, 0.1) is 0 Å². The van der Waals surface area contributed by atoms with Gasteiger partial charge < -0.3 is 15.2 Å². The number of aromatic amines is 1. The Morgan fingerprint density at radius 1 is 1.10 bits per heavy atom. The number of hydrogen-bond donors (Lipinski definition) is 2. The summed E-state index contributed by atoms with van der Waals surface area (Å²) in [6.45, 7) is 2.27. The number of hydrogen-bond acceptors (Lipinski definition) is 5. The molecule has 2 aromatic carbocycles. The van der Waals surface area contributed by atoms with Crippen LogP contribution in [-0.2, 0) is 11.2 Å². The molecular formula is C23H19N5O2. The second-order valence-corrected chi connectivity index (χ2v) is 7.23. The molecule has 1 aliphatic rings. The van der Waals surface area contributed by atoms with Crippen molar-refractivity contribution >= 4 is 39.9 Å². The number of carbonyl (C=O) groups excluding carboxylic acids is 2. The maximum absolute atomic E-state index is 13.0. The summed E-state index contributed by atoms with van der Waals surface area (Å²) in [5, 5.41) is 3.98. The molecule has 4 aromatic rings. The van der Waals surface area contributed by atoms with Crippen molar-refractivity contribution < 1.29 is 9.59 Å². The monoisotopic (exact) mass is 397 g/mol. The van der Waals surface area contributed by atoms with Crippen molar-refractivity contribution in [1.82, 2.24) is 15.0 Å². The number of rotatable bonds is 4. The van der Waals surface area contributed by atoms with E-state index >= 15 is 0 Å². The number of H-pyrrole nitrogens is 1. The number of ketones is 1. The van der Waals surface area contributed by atoms with Gasteiger partial charge in [-0.15, -0.1) is 0 Å². The topological polar surface area (TPSA) is 91.0 Å². The first-order valence-electron chi connectivity index (χ1n) is 9.71. The molecule has 0 aliphatic carbocycles. The van der Waals surface area contributed by atoms with Crippen LogP contribution in [0.4, 0.5) is 17.2 Å². The molecule has 0 spiro atoms. The fourth-order valence-electron chi connectivity index (χ4n) is 3.93. The minimum Gasteiger partial charge on any atom is -0.345 e. The first-order valence-corrected chi connectivity index (χ1v) is 9.71. The van der Waals surface area contributed by atoms with Gasteiger partial charge >= 0.3 is 0 Å². The van der Waals surface area contributed by atoms with Gasteiger partial charge in [0.2, 0.25) is 5.91 Å². The first kappa shape index (κ1) is 18.1. The van der Waals surface area contributed by atoms with Crippen LogP contribution in [-0.4, -0.2) is 33.2 Å². The average Bonchev–Trinajstić information content (AvgIpc) is 3.38. The molecule has 7 nitrogen and oxygen atoms in total. The standard InChI is InChI=1S/C23H19N5O2/c1-14(29)28-10-9-16-11-17(7-8-19(16)28)27-23-20-18(12-24-22(20)25-13-26-23)21(30)15-5-3-2-4-6-15/h2-8,11-13H,9-10H2,1H3,(H2,24,25,26,27). The molecule has 0 atom stereocenters. The van der Waals surface area contributed by atoms with Crippen molar-refractivity contribution in [2.24, 2.45) is 0 Å². The summed E-state index contributed by atoms with van der Waals surface area (Å²) in [4.78, 5) is 38.3. The molecule has 0 bridgehead atoms. The van der Waals surface area contributed by atoms with Crippen molar-refractivity contribution in [3.05, 3.63) is 77.7 Å². The van der Waals surface area contributed by atoms with Crippen molar-refractivity contribution in [3.8, 4) is 0 Å². The van der Waals surface area contributed by atoms with Gasteiger partial charge in [-0.2, -0.15) is 0 Å². The zero-order valence-corrected chi connectivity index (χ0v) is 16.3. The van der Waals surface area contributed by atoms with E-state index in [1.54, 1.807) is 30.2 Å². The number of nitrogens with one attached hydrogen (secondary N) is 2. The van der Waals surface area contributed by atoms with E-state index in [4.69, 9.17) is 0 Å². The number of fused-ring (bicyclic) bond motifs is 2. The summed E-state index contributed by atoms with van der Waals surface area (Å²) in [6, 6.07) is 15.0. The number of aromatic nitrogens is 3. The highest BCUT2D eigenvalue weighted by Gasteiger charge is 2.23. The van der Waals surface area contributed by atoms with Crippen LogP contribution in [0.15, 0.2) is 61.1 Å². The van der Waals surface area contributed by atoms with Gasteiger partial charge in [-0.3, -0.25) is 9.59 Å². The van der Waals surface area contributed by atoms with Crippen LogP contribution in [0.25, 0.3) is 11.0 Å². The van der Waals surface area contributed by atoms with Crippen molar-refractivity contribution in [2.45, 2.75) is 13.3 Å². The fraction of sp³-hybridized carbons (Fsp3) is 0.130. The second-order valence-electron chi connectivity index (χ2n) is 7.23. The Morgan fingerprint density at radius 3 is 2.73 bits per heavy atom. The lowest BCUT2D eigenvalue weighted by molar-refractivity contribution is -0.116. The zero-order chi connectivity index (χ0) is 20.7. The van der Waals surface area contributed by atoms with Gasteiger partial charge in [-0.1, -0.05) is 30.3 Å². The highest BCUT2D eigenvalue weighted by molar-refractivity contribution is 6.18. The second kappa shape index (κ2) is 7.11. The molecule has 2 N–H and O–H groups in total. The summed E-state index contributed by atoms with van der Waals surface area (Å²) in [6.07, 6.45) is 3.95. The number of nitrogens with zero attached hydrogens (tertiary/aromatic N) is 3. The molecule has 2 aromatic heterocycles. The lowest BCUT2D eigenvalue weighted by Crippen LogP contribution is -2.25. The molecule has 30 heavy (non-hydrogen) atoms. The third kappa shape index (κ3) is 3.00. The highest BCUT2D eigenvalue weighted by atomic mass is 16.2. The number of carbonyl (C=O) groups is 2. The Morgan fingerprint density at radius 2 is 1.93 bits per heavy atom. The van der Waals surface area contributed by atoms with E-state index in [2.05, 4.69) is 20.3 Å². The molecule has 0 saturated carbocycles. The highest BCUT2D eigenvalue weighted by Crippen LogP contribution is 2.33. The predicted molar refractivity (Wildman–Crippen MR) is 115 cm³/mol. The molecule has 0 fully saturated rings. The lowest BCUT2D eigenvalue weighted by Gasteiger charge is -2.15. The van der Waals surface area contributed by atoms with Gasteiger partial charge in [-0.25, -0.2) is 9.97 Å². The van der Waals surface area contributed by atoms with E-state index in [0.717, 1.165) is 23.4 Å². The third-order valence-corrected chi connectivity index (χ3v) is 5.37.